The molecule has 0 aliphatic rings. The standard InChI is InChI=1S/C30H35NO/c1-6-7-8-12-15-28-27(19-16-21(2)32)22(3)23(4)29-24(5)26(20-31-30(28)29)18-17-25-13-10-9-11-14-25/h9-11,13-14,20H,6-8,12,15-16,19H2,1-5H3. The van der Waals surface area contributed by atoms with Crippen LogP contribution in [-0.2, 0) is 17.6 Å². The summed E-state index contributed by atoms with van der Waals surface area (Å²) in [5.74, 6) is 6.87. The Morgan fingerprint density at radius 3 is 2.31 bits per heavy atom. The molecule has 0 bridgehead atoms. The molecule has 2 nitrogen and oxygen atoms in total. The van der Waals surface area contributed by atoms with E-state index >= 15 is 0 Å². The lowest BCUT2D eigenvalue weighted by atomic mass is 9.86. The molecule has 32 heavy (non-hydrogen) atoms. The molecule has 0 spiro atoms. The zero-order valence-electron chi connectivity index (χ0n) is 20.3. The van der Waals surface area contributed by atoms with E-state index in [4.69, 9.17) is 4.98 Å². The van der Waals surface area contributed by atoms with Crippen LogP contribution in [-0.4, -0.2) is 10.8 Å². The maximum absolute atomic E-state index is 11.7. The molecule has 0 unspecified atom stereocenters. The van der Waals surface area contributed by atoms with Gasteiger partial charge in [0.1, 0.15) is 5.78 Å². The minimum Gasteiger partial charge on any atom is -0.300 e. The molecule has 2 heteroatoms. The third-order valence-electron chi connectivity index (χ3n) is 6.50. The Morgan fingerprint density at radius 2 is 1.62 bits per heavy atom. The third kappa shape index (κ3) is 5.46. The Kier molecular flexibility index (Phi) is 8.23. The molecule has 0 saturated carbocycles. The van der Waals surface area contributed by atoms with Gasteiger partial charge in [0.15, 0.2) is 0 Å². The van der Waals surface area contributed by atoms with E-state index in [2.05, 4.69) is 39.5 Å². The van der Waals surface area contributed by atoms with E-state index in [1.807, 2.05) is 36.5 Å². The van der Waals surface area contributed by atoms with Crippen molar-refractivity contribution in [3.8, 4) is 11.8 Å². The second-order valence-corrected chi connectivity index (χ2v) is 8.86. The minimum atomic E-state index is 0.245. The van der Waals surface area contributed by atoms with Crippen molar-refractivity contribution >= 4 is 16.7 Å². The normalized spacial score (nSPS) is 10.8. The fourth-order valence-electron chi connectivity index (χ4n) is 4.50. The molecule has 3 rings (SSSR count). The molecule has 3 aromatic rings. The minimum absolute atomic E-state index is 0.245. The first-order valence-electron chi connectivity index (χ1n) is 11.9. The van der Waals surface area contributed by atoms with Crippen molar-refractivity contribution in [1.82, 2.24) is 4.98 Å². The van der Waals surface area contributed by atoms with Crippen LogP contribution in [0.3, 0.4) is 0 Å². The lowest BCUT2D eigenvalue weighted by Gasteiger charge is -2.20. The second kappa shape index (κ2) is 11.1. The molecule has 0 fully saturated rings. The lowest BCUT2D eigenvalue weighted by molar-refractivity contribution is -0.116. The Bertz CT molecular complexity index is 1160. The van der Waals surface area contributed by atoms with E-state index in [9.17, 15) is 4.79 Å². The molecule has 1 aromatic heterocycles. The number of aromatic nitrogens is 1. The number of nitrogens with zero attached hydrogens (tertiary/aromatic N) is 1. The summed E-state index contributed by atoms with van der Waals surface area (Å²) in [6.07, 6.45) is 9.23. The second-order valence-electron chi connectivity index (χ2n) is 8.86. The van der Waals surface area contributed by atoms with Gasteiger partial charge in [-0.25, -0.2) is 0 Å². The predicted molar refractivity (Wildman–Crippen MR) is 135 cm³/mol. The molecular formula is C30H35NO. The largest absolute Gasteiger partial charge is 0.300 e. The molecule has 0 atom stereocenters. The number of benzene rings is 2. The molecule has 2 aromatic carbocycles. The van der Waals surface area contributed by atoms with E-state index in [-0.39, 0.29) is 5.78 Å². The summed E-state index contributed by atoms with van der Waals surface area (Å²) in [5, 5.41) is 1.24. The number of hydrogen-bond acceptors (Lipinski definition) is 2. The van der Waals surface area contributed by atoms with Crippen LogP contribution >= 0.6 is 0 Å². The van der Waals surface area contributed by atoms with E-state index in [1.165, 1.54) is 52.5 Å². The van der Waals surface area contributed by atoms with Crippen LogP contribution in [0, 0.1) is 32.6 Å². The van der Waals surface area contributed by atoms with Crippen LogP contribution in [0.1, 0.15) is 84.9 Å². The molecule has 0 saturated heterocycles. The van der Waals surface area contributed by atoms with Gasteiger partial charge in [-0.2, -0.15) is 0 Å². The van der Waals surface area contributed by atoms with Crippen molar-refractivity contribution in [3.63, 3.8) is 0 Å². The summed E-state index contributed by atoms with van der Waals surface area (Å²) in [4.78, 5) is 16.7. The van der Waals surface area contributed by atoms with Gasteiger partial charge in [0.25, 0.3) is 0 Å². The van der Waals surface area contributed by atoms with E-state index < -0.39 is 0 Å². The Morgan fingerprint density at radius 1 is 0.875 bits per heavy atom. The smallest absolute Gasteiger partial charge is 0.130 e. The quantitative estimate of drug-likeness (QED) is 0.282. The van der Waals surface area contributed by atoms with Crippen molar-refractivity contribution in [1.29, 1.82) is 0 Å². The molecule has 0 N–H and O–H groups in total. The van der Waals surface area contributed by atoms with E-state index in [0.717, 1.165) is 35.9 Å². The number of carbonyl (C=O) groups excluding carboxylic acids is 1. The van der Waals surface area contributed by atoms with Gasteiger partial charge in [0, 0.05) is 29.1 Å². The first-order chi connectivity index (χ1) is 15.4. The number of rotatable bonds is 8. The lowest BCUT2D eigenvalue weighted by Crippen LogP contribution is -2.07. The van der Waals surface area contributed by atoms with Gasteiger partial charge in [-0.15, -0.1) is 0 Å². The Hall–Kier alpha value is -2.92. The Labute approximate surface area is 193 Å². The zero-order chi connectivity index (χ0) is 23.1. The maximum atomic E-state index is 11.7. The highest BCUT2D eigenvalue weighted by Crippen LogP contribution is 2.34. The molecular weight excluding hydrogens is 390 g/mol. The summed E-state index contributed by atoms with van der Waals surface area (Å²) in [6, 6.07) is 10.1. The van der Waals surface area contributed by atoms with Crippen LogP contribution in [0.25, 0.3) is 10.9 Å². The zero-order valence-corrected chi connectivity index (χ0v) is 20.3. The van der Waals surface area contributed by atoms with E-state index in [0.29, 0.717) is 6.42 Å². The van der Waals surface area contributed by atoms with Crippen molar-refractivity contribution in [3.05, 3.63) is 75.5 Å². The van der Waals surface area contributed by atoms with Gasteiger partial charge >= 0.3 is 0 Å². The van der Waals surface area contributed by atoms with Crippen molar-refractivity contribution < 1.29 is 4.79 Å². The number of pyridine rings is 1. The molecule has 1 heterocycles. The number of carbonyl (C=O) groups is 1. The Balaban J connectivity index is 2.12. The number of ketones is 1. The number of fused-ring (bicyclic) bond motifs is 1. The first kappa shape index (κ1) is 23.7. The van der Waals surface area contributed by atoms with Gasteiger partial charge in [0.2, 0.25) is 0 Å². The van der Waals surface area contributed by atoms with Gasteiger partial charge in [0.05, 0.1) is 5.52 Å². The monoisotopic (exact) mass is 425 g/mol. The van der Waals surface area contributed by atoms with Crippen molar-refractivity contribution in [2.75, 3.05) is 0 Å². The number of Topliss-reactive ketones (excluding diaryl/α,β-unsaturated/α-hetero) is 1. The highest BCUT2D eigenvalue weighted by atomic mass is 16.1. The number of aryl methyl sites for hydroxylation is 3. The van der Waals surface area contributed by atoms with Gasteiger partial charge in [-0.1, -0.05) is 56.2 Å². The summed E-state index contributed by atoms with van der Waals surface area (Å²) in [6.45, 7) is 10.5. The molecule has 0 aliphatic carbocycles. The van der Waals surface area contributed by atoms with Gasteiger partial charge in [-0.05, 0) is 86.9 Å². The number of unbranched alkanes of at least 4 members (excludes halogenated alkanes) is 3. The molecule has 0 radical (unpaired) electrons. The molecule has 166 valence electrons. The molecule has 0 amide bonds. The van der Waals surface area contributed by atoms with Crippen LogP contribution in [0.4, 0.5) is 0 Å². The average Bonchev–Trinajstić information content (AvgIpc) is 2.79. The highest BCUT2D eigenvalue weighted by Gasteiger charge is 2.18. The van der Waals surface area contributed by atoms with E-state index in [1.54, 1.807) is 6.92 Å². The van der Waals surface area contributed by atoms with Crippen molar-refractivity contribution in [2.45, 2.75) is 79.6 Å². The predicted octanol–water partition coefficient (Wildman–Crippen LogP) is 7.20. The van der Waals surface area contributed by atoms with Gasteiger partial charge < -0.3 is 4.79 Å². The average molecular weight is 426 g/mol. The fourth-order valence-corrected chi connectivity index (χ4v) is 4.50. The maximum Gasteiger partial charge on any atom is 0.130 e. The first-order valence-corrected chi connectivity index (χ1v) is 11.9. The van der Waals surface area contributed by atoms with Crippen LogP contribution < -0.4 is 0 Å². The third-order valence-corrected chi connectivity index (χ3v) is 6.50. The topological polar surface area (TPSA) is 30.0 Å². The number of hydrogen-bond donors (Lipinski definition) is 0. The fraction of sp³-hybridized carbons (Fsp3) is 0.400. The van der Waals surface area contributed by atoms with Crippen LogP contribution in [0.2, 0.25) is 0 Å². The summed E-state index contributed by atoms with van der Waals surface area (Å²) >= 11 is 0. The van der Waals surface area contributed by atoms with Crippen molar-refractivity contribution in [2.24, 2.45) is 0 Å². The van der Waals surface area contributed by atoms with Crippen LogP contribution in [0.15, 0.2) is 36.5 Å². The SMILES string of the molecule is CCCCCCc1c(CCC(C)=O)c(C)c(C)c2c(C)c(C#Cc3ccccc3)cnc12. The summed E-state index contributed by atoms with van der Waals surface area (Å²) < 4.78 is 0. The summed E-state index contributed by atoms with van der Waals surface area (Å²) in [7, 11) is 0. The van der Waals surface area contributed by atoms with Gasteiger partial charge in [-0.3, -0.25) is 4.98 Å². The highest BCUT2D eigenvalue weighted by molar-refractivity contribution is 5.92. The summed E-state index contributed by atoms with van der Waals surface area (Å²) in [5.41, 5.74) is 9.54. The molecule has 0 aliphatic heterocycles. The van der Waals surface area contributed by atoms with Crippen LogP contribution in [0.5, 0.6) is 0 Å².